The molecular weight excluding hydrogens is 240 g/mol. The molecule has 1 fully saturated rings. The number of rotatable bonds is 2. The van der Waals surface area contributed by atoms with Gasteiger partial charge in [-0.15, -0.1) is 0 Å². The Labute approximate surface area is 113 Å². The van der Waals surface area contributed by atoms with E-state index in [1.54, 1.807) is 0 Å². The van der Waals surface area contributed by atoms with Gasteiger partial charge in [-0.25, -0.2) is 0 Å². The molecule has 2 heterocycles. The summed E-state index contributed by atoms with van der Waals surface area (Å²) in [4.78, 5) is 11.2. The third kappa shape index (κ3) is 2.59. The summed E-state index contributed by atoms with van der Waals surface area (Å²) in [6.07, 6.45) is 1.54. The summed E-state index contributed by atoms with van der Waals surface area (Å²) >= 11 is 0. The topological polar surface area (TPSA) is 50.4 Å². The predicted octanol–water partition coefficient (Wildman–Crippen LogP) is 1.62. The molecule has 19 heavy (non-hydrogen) atoms. The molecule has 0 aliphatic carbocycles. The second-order valence-corrected chi connectivity index (χ2v) is 5.51. The highest BCUT2D eigenvalue weighted by molar-refractivity contribution is 5.76. The first-order valence-electron chi connectivity index (χ1n) is 6.98. The van der Waals surface area contributed by atoms with Gasteiger partial charge < -0.3 is 15.4 Å². The van der Waals surface area contributed by atoms with Gasteiger partial charge in [0.25, 0.3) is 0 Å². The maximum absolute atomic E-state index is 11.2. The molecular formula is C15H20N2O2. The van der Waals surface area contributed by atoms with Gasteiger partial charge >= 0.3 is 0 Å². The number of benzene rings is 1. The minimum absolute atomic E-state index is 0.165. The van der Waals surface area contributed by atoms with Crippen molar-refractivity contribution >= 4 is 5.91 Å². The maximum Gasteiger partial charge on any atom is 0.220 e. The van der Waals surface area contributed by atoms with Crippen molar-refractivity contribution in [2.75, 3.05) is 13.2 Å². The van der Waals surface area contributed by atoms with Gasteiger partial charge in [0.15, 0.2) is 0 Å². The van der Waals surface area contributed by atoms with E-state index in [4.69, 9.17) is 4.74 Å². The summed E-state index contributed by atoms with van der Waals surface area (Å²) in [6, 6.07) is 8.88. The van der Waals surface area contributed by atoms with E-state index in [9.17, 15) is 4.79 Å². The third-order valence-corrected chi connectivity index (χ3v) is 4.01. The van der Waals surface area contributed by atoms with Crippen molar-refractivity contribution in [3.8, 4) is 5.75 Å². The van der Waals surface area contributed by atoms with Gasteiger partial charge in [0, 0.05) is 36.5 Å². The van der Waals surface area contributed by atoms with Gasteiger partial charge in [-0.1, -0.05) is 25.1 Å². The second kappa shape index (κ2) is 5.21. The fourth-order valence-electron chi connectivity index (χ4n) is 2.88. The third-order valence-electron chi connectivity index (χ3n) is 4.01. The van der Waals surface area contributed by atoms with Crippen molar-refractivity contribution in [2.45, 2.75) is 31.8 Å². The molecule has 2 N–H and O–H groups in total. The number of hydrogen-bond acceptors (Lipinski definition) is 3. The van der Waals surface area contributed by atoms with Crippen LogP contribution in [0.25, 0.3) is 0 Å². The van der Waals surface area contributed by atoms with Crippen molar-refractivity contribution in [2.24, 2.45) is 5.92 Å². The molecule has 0 saturated carbocycles. The zero-order valence-corrected chi connectivity index (χ0v) is 11.2. The zero-order chi connectivity index (χ0) is 13.2. The Balaban J connectivity index is 1.74. The fraction of sp³-hybridized carbons (Fsp3) is 0.533. The SMILES string of the molecule is CC1COc2ccccc2C1NC1CCC(=O)NC1. The van der Waals surface area contributed by atoms with Gasteiger partial charge in [-0.2, -0.15) is 0 Å². The quantitative estimate of drug-likeness (QED) is 0.849. The second-order valence-electron chi connectivity index (χ2n) is 5.51. The summed E-state index contributed by atoms with van der Waals surface area (Å²) < 4.78 is 5.76. The van der Waals surface area contributed by atoms with E-state index in [1.165, 1.54) is 5.56 Å². The lowest BCUT2D eigenvalue weighted by Crippen LogP contribution is -2.49. The zero-order valence-electron chi connectivity index (χ0n) is 11.2. The Kier molecular flexibility index (Phi) is 3.42. The summed E-state index contributed by atoms with van der Waals surface area (Å²) in [5, 5.41) is 6.62. The molecule has 1 amide bonds. The smallest absolute Gasteiger partial charge is 0.220 e. The Morgan fingerprint density at radius 1 is 1.37 bits per heavy atom. The number of piperidine rings is 1. The molecule has 3 unspecified atom stereocenters. The van der Waals surface area contributed by atoms with E-state index in [-0.39, 0.29) is 5.91 Å². The van der Waals surface area contributed by atoms with Crippen LogP contribution in [0.4, 0.5) is 0 Å². The molecule has 0 radical (unpaired) electrons. The first-order chi connectivity index (χ1) is 9.24. The number of ether oxygens (including phenoxy) is 1. The highest BCUT2D eigenvalue weighted by atomic mass is 16.5. The molecule has 1 saturated heterocycles. The Hall–Kier alpha value is -1.55. The number of amides is 1. The van der Waals surface area contributed by atoms with Crippen LogP contribution in [0, 0.1) is 5.92 Å². The van der Waals surface area contributed by atoms with Crippen molar-refractivity contribution in [1.29, 1.82) is 0 Å². The van der Waals surface area contributed by atoms with E-state index in [0.717, 1.165) is 25.3 Å². The van der Waals surface area contributed by atoms with Gasteiger partial charge in [-0.05, 0) is 12.5 Å². The van der Waals surface area contributed by atoms with Crippen LogP contribution in [0.2, 0.25) is 0 Å². The van der Waals surface area contributed by atoms with E-state index < -0.39 is 0 Å². The number of carbonyl (C=O) groups is 1. The van der Waals surface area contributed by atoms with Gasteiger partial charge in [-0.3, -0.25) is 4.79 Å². The highest BCUT2D eigenvalue weighted by Crippen LogP contribution is 2.35. The minimum atomic E-state index is 0.165. The molecule has 3 atom stereocenters. The average Bonchev–Trinajstić information content (AvgIpc) is 2.44. The lowest BCUT2D eigenvalue weighted by Gasteiger charge is -2.36. The van der Waals surface area contributed by atoms with Crippen LogP contribution in [0.15, 0.2) is 24.3 Å². The molecule has 1 aromatic carbocycles. The molecule has 3 rings (SSSR count). The van der Waals surface area contributed by atoms with E-state index in [0.29, 0.717) is 24.4 Å². The Morgan fingerprint density at radius 2 is 2.21 bits per heavy atom. The van der Waals surface area contributed by atoms with Gasteiger partial charge in [0.2, 0.25) is 5.91 Å². The Morgan fingerprint density at radius 3 is 3.00 bits per heavy atom. The molecule has 4 heteroatoms. The van der Waals surface area contributed by atoms with Crippen molar-refractivity contribution < 1.29 is 9.53 Å². The van der Waals surface area contributed by atoms with Crippen LogP contribution in [0.3, 0.4) is 0 Å². The van der Waals surface area contributed by atoms with Crippen molar-refractivity contribution in [3.63, 3.8) is 0 Å². The largest absolute Gasteiger partial charge is 0.493 e. The minimum Gasteiger partial charge on any atom is -0.493 e. The molecule has 0 aromatic heterocycles. The molecule has 4 nitrogen and oxygen atoms in total. The van der Waals surface area contributed by atoms with Crippen molar-refractivity contribution in [1.82, 2.24) is 10.6 Å². The first kappa shape index (κ1) is 12.5. The van der Waals surface area contributed by atoms with Crippen molar-refractivity contribution in [3.05, 3.63) is 29.8 Å². The molecule has 0 bridgehead atoms. The van der Waals surface area contributed by atoms with Crippen LogP contribution in [-0.4, -0.2) is 25.1 Å². The van der Waals surface area contributed by atoms with Gasteiger partial charge in [0.1, 0.15) is 5.75 Å². The summed E-state index contributed by atoms with van der Waals surface area (Å²) in [5.74, 6) is 1.59. The number of nitrogens with one attached hydrogen (secondary N) is 2. The van der Waals surface area contributed by atoms with Crippen LogP contribution < -0.4 is 15.4 Å². The summed E-state index contributed by atoms with van der Waals surface area (Å²) in [6.45, 7) is 3.67. The maximum atomic E-state index is 11.2. The summed E-state index contributed by atoms with van der Waals surface area (Å²) in [5.41, 5.74) is 1.23. The van der Waals surface area contributed by atoms with Crippen LogP contribution in [0.5, 0.6) is 5.75 Å². The van der Waals surface area contributed by atoms with E-state index >= 15 is 0 Å². The normalized spacial score (nSPS) is 30.2. The number of para-hydroxylation sites is 1. The fourth-order valence-corrected chi connectivity index (χ4v) is 2.88. The highest BCUT2D eigenvalue weighted by Gasteiger charge is 2.30. The molecule has 2 aliphatic rings. The average molecular weight is 260 g/mol. The van der Waals surface area contributed by atoms with Gasteiger partial charge in [0.05, 0.1) is 6.61 Å². The molecule has 1 aromatic rings. The number of fused-ring (bicyclic) bond motifs is 1. The van der Waals surface area contributed by atoms with E-state index in [2.05, 4.69) is 29.7 Å². The Bertz CT molecular complexity index is 465. The number of hydrogen-bond donors (Lipinski definition) is 2. The summed E-state index contributed by atoms with van der Waals surface area (Å²) in [7, 11) is 0. The number of carbonyl (C=O) groups excluding carboxylic acids is 1. The molecule has 102 valence electrons. The predicted molar refractivity (Wildman–Crippen MR) is 73.0 cm³/mol. The monoisotopic (exact) mass is 260 g/mol. The first-order valence-corrected chi connectivity index (χ1v) is 6.98. The molecule has 0 spiro atoms. The lowest BCUT2D eigenvalue weighted by molar-refractivity contribution is -0.122. The van der Waals surface area contributed by atoms with Crippen LogP contribution in [0.1, 0.15) is 31.4 Å². The van der Waals surface area contributed by atoms with Crippen LogP contribution >= 0.6 is 0 Å². The van der Waals surface area contributed by atoms with Crippen LogP contribution in [-0.2, 0) is 4.79 Å². The molecule has 2 aliphatic heterocycles. The lowest BCUT2D eigenvalue weighted by atomic mass is 9.90. The standard InChI is InChI=1S/C15H20N2O2/c1-10-9-19-13-5-3-2-4-12(13)15(10)17-11-6-7-14(18)16-8-11/h2-5,10-11,15,17H,6-9H2,1H3,(H,16,18). The van der Waals surface area contributed by atoms with E-state index in [1.807, 2.05) is 12.1 Å².